The van der Waals surface area contributed by atoms with Gasteiger partial charge in [-0.3, -0.25) is 4.90 Å². The molecular formula is C16H25ClN2. The predicted molar refractivity (Wildman–Crippen MR) is 82.6 cm³/mol. The molecular weight excluding hydrogens is 256 g/mol. The number of halogens is 1. The molecule has 1 aromatic rings. The maximum atomic E-state index is 5.95. The summed E-state index contributed by atoms with van der Waals surface area (Å²) in [5, 5.41) is 4.47. The SMILES string of the molecule is CCCC1CNC(C)(C)CN1Cc1ccc(Cl)cc1. The lowest BCUT2D eigenvalue weighted by molar-refractivity contribution is 0.0827. The molecule has 1 fully saturated rings. The van der Waals surface area contributed by atoms with Crippen LogP contribution in [0.1, 0.15) is 39.2 Å². The third-order valence-corrected chi connectivity index (χ3v) is 4.10. The molecule has 3 heteroatoms. The molecule has 1 aliphatic heterocycles. The third-order valence-electron chi connectivity index (χ3n) is 3.85. The Balaban J connectivity index is 2.06. The molecule has 0 aromatic heterocycles. The van der Waals surface area contributed by atoms with Gasteiger partial charge in [-0.1, -0.05) is 37.1 Å². The normalized spacial score (nSPS) is 23.5. The maximum Gasteiger partial charge on any atom is 0.0406 e. The molecule has 1 saturated heterocycles. The van der Waals surface area contributed by atoms with Gasteiger partial charge < -0.3 is 5.32 Å². The summed E-state index contributed by atoms with van der Waals surface area (Å²) in [4.78, 5) is 2.61. The van der Waals surface area contributed by atoms with Crippen molar-refractivity contribution in [3.63, 3.8) is 0 Å². The van der Waals surface area contributed by atoms with Gasteiger partial charge in [0.2, 0.25) is 0 Å². The zero-order chi connectivity index (χ0) is 13.9. The predicted octanol–water partition coefficient (Wildman–Crippen LogP) is 3.69. The first-order valence-electron chi connectivity index (χ1n) is 7.24. The van der Waals surface area contributed by atoms with E-state index < -0.39 is 0 Å². The quantitative estimate of drug-likeness (QED) is 0.905. The van der Waals surface area contributed by atoms with Gasteiger partial charge in [0.05, 0.1) is 0 Å². The Kier molecular flexibility index (Phi) is 4.88. The minimum atomic E-state index is 0.205. The fourth-order valence-electron chi connectivity index (χ4n) is 2.84. The summed E-state index contributed by atoms with van der Waals surface area (Å²) in [7, 11) is 0. The second kappa shape index (κ2) is 6.25. The summed E-state index contributed by atoms with van der Waals surface area (Å²) >= 11 is 5.95. The molecule has 1 N–H and O–H groups in total. The van der Waals surface area contributed by atoms with Crippen LogP contribution < -0.4 is 5.32 Å². The summed E-state index contributed by atoms with van der Waals surface area (Å²) in [6, 6.07) is 8.90. The molecule has 1 aromatic carbocycles. The Hall–Kier alpha value is -0.570. The average Bonchev–Trinajstić information content (AvgIpc) is 2.35. The van der Waals surface area contributed by atoms with E-state index in [-0.39, 0.29) is 5.54 Å². The van der Waals surface area contributed by atoms with E-state index in [4.69, 9.17) is 11.6 Å². The van der Waals surface area contributed by atoms with Gasteiger partial charge in [-0.05, 0) is 38.0 Å². The summed E-state index contributed by atoms with van der Waals surface area (Å²) in [5.74, 6) is 0. The number of piperazine rings is 1. The van der Waals surface area contributed by atoms with Crippen LogP contribution in [-0.2, 0) is 6.54 Å². The van der Waals surface area contributed by atoms with E-state index in [2.05, 4.69) is 43.1 Å². The van der Waals surface area contributed by atoms with Crippen LogP contribution in [0.4, 0.5) is 0 Å². The molecule has 1 unspecified atom stereocenters. The second-order valence-corrected chi connectivity index (χ2v) is 6.68. The van der Waals surface area contributed by atoms with Crippen LogP contribution in [0, 0.1) is 0 Å². The Morgan fingerprint density at radius 1 is 1.32 bits per heavy atom. The Bertz CT molecular complexity index is 400. The van der Waals surface area contributed by atoms with E-state index in [0.29, 0.717) is 6.04 Å². The van der Waals surface area contributed by atoms with Crippen molar-refractivity contribution in [2.24, 2.45) is 0 Å². The molecule has 1 aliphatic rings. The molecule has 0 saturated carbocycles. The van der Waals surface area contributed by atoms with Crippen molar-refractivity contribution < 1.29 is 0 Å². The zero-order valence-corrected chi connectivity index (χ0v) is 13.0. The van der Waals surface area contributed by atoms with Crippen LogP contribution in [0.2, 0.25) is 5.02 Å². The first kappa shape index (κ1) is 14.8. The fraction of sp³-hybridized carbons (Fsp3) is 0.625. The monoisotopic (exact) mass is 280 g/mol. The highest BCUT2D eigenvalue weighted by Crippen LogP contribution is 2.21. The number of nitrogens with one attached hydrogen (secondary N) is 1. The average molecular weight is 281 g/mol. The standard InChI is InChI=1S/C16H25ClN2/c1-4-5-15-10-18-16(2,3)12-19(15)11-13-6-8-14(17)9-7-13/h6-9,15,18H,4-5,10-12H2,1-3H3. The van der Waals surface area contributed by atoms with Crippen LogP contribution in [0.5, 0.6) is 0 Å². The first-order chi connectivity index (χ1) is 9.00. The zero-order valence-electron chi connectivity index (χ0n) is 12.2. The minimum absolute atomic E-state index is 0.205. The maximum absolute atomic E-state index is 5.95. The third kappa shape index (κ3) is 4.20. The fourth-order valence-corrected chi connectivity index (χ4v) is 2.97. The van der Waals surface area contributed by atoms with E-state index >= 15 is 0 Å². The summed E-state index contributed by atoms with van der Waals surface area (Å²) < 4.78 is 0. The number of benzene rings is 1. The van der Waals surface area contributed by atoms with Gasteiger partial charge in [-0.15, -0.1) is 0 Å². The van der Waals surface area contributed by atoms with Crippen LogP contribution in [0.3, 0.4) is 0 Å². The summed E-state index contributed by atoms with van der Waals surface area (Å²) in [6.45, 7) is 10.0. The molecule has 0 amide bonds. The highest BCUT2D eigenvalue weighted by atomic mass is 35.5. The number of rotatable bonds is 4. The molecule has 106 valence electrons. The van der Waals surface area contributed by atoms with Crippen molar-refractivity contribution >= 4 is 11.6 Å². The highest BCUT2D eigenvalue weighted by molar-refractivity contribution is 6.30. The van der Waals surface area contributed by atoms with Crippen LogP contribution in [0.25, 0.3) is 0 Å². The molecule has 0 radical (unpaired) electrons. The lowest BCUT2D eigenvalue weighted by Crippen LogP contribution is -2.61. The molecule has 0 bridgehead atoms. The van der Waals surface area contributed by atoms with E-state index in [9.17, 15) is 0 Å². The van der Waals surface area contributed by atoms with Crippen molar-refractivity contribution in [3.05, 3.63) is 34.9 Å². The largest absolute Gasteiger partial charge is 0.309 e. The van der Waals surface area contributed by atoms with Gasteiger partial charge in [-0.2, -0.15) is 0 Å². The Morgan fingerprint density at radius 3 is 2.63 bits per heavy atom. The molecule has 0 aliphatic carbocycles. The Morgan fingerprint density at radius 2 is 2.00 bits per heavy atom. The highest BCUT2D eigenvalue weighted by Gasteiger charge is 2.31. The van der Waals surface area contributed by atoms with Gasteiger partial charge in [0, 0.05) is 36.2 Å². The van der Waals surface area contributed by atoms with E-state index in [1.54, 1.807) is 0 Å². The van der Waals surface area contributed by atoms with Crippen LogP contribution in [0.15, 0.2) is 24.3 Å². The van der Waals surface area contributed by atoms with Gasteiger partial charge in [0.25, 0.3) is 0 Å². The molecule has 1 atom stereocenters. The van der Waals surface area contributed by atoms with Crippen molar-refractivity contribution in [2.75, 3.05) is 13.1 Å². The van der Waals surface area contributed by atoms with Crippen molar-refractivity contribution in [2.45, 2.75) is 51.7 Å². The number of hydrogen-bond acceptors (Lipinski definition) is 2. The smallest absolute Gasteiger partial charge is 0.0406 e. The minimum Gasteiger partial charge on any atom is -0.309 e. The van der Waals surface area contributed by atoms with E-state index in [1.807, 2.05) is 12.1 Å². The second-order valence-electron chi connectivity index (χ2n) is 6.24. The van der Waals surface area contributed by atoms with Crippen molar-refractivity contribution in [3.8, 4) is 0 Å². The lowest BCUT2D eigenvalue weighted by Gasteiger charge is -2.44. The van der Waals surface area contributed by atoms with Gasteiger partial charge in [0.15, 0.2) is 0 Å². The van der Waals surface area contributed by atoms with Crippen LogP contribution in [-0.4, -0.2) is 29.6 Å². The molecule has 2 rings (SSSR count). The lowest BCUT2D eigenvalue weighted by atomic mass is 9.96. The summed E-state index contributed by atoms with van der Waals surface area (Å²) in [5.41, 5.74) is 1.56. The Labute approximate surface area is 122 Å². The van der Waals surface area contributed by atoms with Gasteiger partial charge in [0.1, 0.15) is 0 Å². The summed E-state index contributed by atoms with van der Waals surface area (Å²) in [6.07, 6.45) is 2.50. The first-order valence-corrected chi connectivity index (χ1v) is 7.61. The molecule has 1 heterocycles. The number of nitrogens with zero attached hydrogens (tertiary/aromatic N) is 1. The van der Waals surface area contributed by atoms with E-state index in [0.717, 1.165) is 24.7 Å². The van der Waals surface area contributed by atoms with Crippen molar-refractivity contribution in [1.29, 1.82) is 0 Å². The van der Waals surface area contributed by atoms with E-state index in [1.165, 1.54) is 18.4 Å². The topological polar surface area (TPSA) is 15.3 Å². The van der Waals surface area contributed by atoms with Crippen molar-refractivity contribution in [1.82, 2.24) is 10.2 Å². The number of hydrogen-bond donors (Lipinski definition) is 1. The van der Waals surface area contributed by atoms with Gasteiger partial charge in [-0.25, -0.2) is 0 Å². The molecule has 19 heavy (non-hydrogen) atoms. The molecule has 2 nitrogen and oxygen atoms in total. The van der Waals surface area contributed by atoms with Crippen LogP contribution >= 0.6 is 11.6 Å². The molecule has 0 spiro atoms. The van der Waals surface area contributed by atoms with Gasteiger partial charge >= 0.3 is 0 Å².